The predicted octanol–water partition coefficient (Wildman–Crippen LogP) is 1.87. The Morgan fingerprint density at radius 2 is 1.86 bits per heavy atom. The van der Waals surface area contributed by atoms with Gasteiger partial charge < -0.3 is 10.6 Å². The summed E-state index contributed by atoms with van der Waals surface area (Å²) in [4.78, 5) is 31.9. The van der Waals surface area contributed by atoms with E-state index in [0.717, 1.165) is 12.2 Å². The molecule has 1 aliphatic rings. The fourth-order valence-electron chi connectivity index (χ4n) is 2.12. The molecule has 22 heavy (non-hydrogen) atoms. The summed E-state index contributed by atoms with van der Waals surface area (Å²) in [5.74, 6) is 1.25. The van der Waals surface area contributed by atoms with Crippen molar-refractivity contribution in [1.82, 2.24) is 15.3 Å². The molecular formula is C16H24N4O2. The highest BCUT2D eigenvalue weighted by Crippen LogP contribution is 2.37. The van der Waals surface area contributed by atoms with Crippen LogP contribution in [-0.2, 0) is 15.0 Å². The first-order valence-electron chi connectivity index (χ1n) is 7.67. The van der Waals surface area contributed by atoms with E-state index in [2.05, 4.69) is 27.5 Å². The fraction of sp³-hybridized carbons (Fsp3) is 0.625. The Labute approximate surface area is 131 Å². The molecule has 1 heterocycles. The molecule has 2 amide bonds. The molecule has 6 heteroatoms. The van der Waals surface area contributed by atoms with Crippen molar-refractivity contribution in [1.29, 1.82) is 0 Å². The number of aromatic nitrogens is 2. The van der Waals surface area contributed by atoms with E-state index in [1.807, 2.05) is 20.8 Å². The first-order chi connectivity index (χ1) is 10.3. The molecule has 0 unspecified atom stereocenters. The normalized spacial score (nSPS) is 20.4. The first-order valence-corrected chi connectivity index (χ1v) is 7.67. The largest absolute Gasteiger partial charge is 0.355 e. The average Bonchev–Trinajstić information content (AvgIpc) is 3.15. The summed E-state index contributed by atoms with van der Waals surface area (Å²) in [6.45, 7) is 8.50. The van der Waals surface area contributed by atoms with Gasteiger partial charge in [0.15, 0.2) is 0 Å². The van der Waals surface area contributed by atoms with Crippen LogP contribution in [0.5, 0.6) is 0 Å². The number of rotatable bonds is 5. The van der Waals surface area contributed by atoms with Gasteiger partial charge in [-0.3, -0.25) is 9.59 Å². The number of carbonyl (C=O) groups is 2. The van der Waals surface area contributed by atoms with Crippen LogP contribution in [0.15, 0.2) is 12.4 Å². The molecule has 1 aliphatic carbocycles. The number of amides is 2. The second kappa shape index (κ2) is 6.42. The Kier molecular flexibility index (Phi) is 4.78. The van der Waals surface area contributed by atoms with Crippen LogP contribution in [0.4, 0.5) is 5.69 Å². The van der Waals surface area contributed by atoms with Crippen LogP contribution in [-0.4, -0.2) is 28.3 Å². The summed E-state index contributed by atoms with van der Waals surface area (Å²) in [7, 11) is 0. The number of anilines is 1. The molecule has 2 rings (SSSR count). The molecule has 0 radical (unpaired) electrons. The third-order valence-electron chi connectivity index (χ3n) is 3.70. The van der Waals surface area contributed by atoms with Gasteiger partial charge in [-0.05, 0) is 12.3 Å². The molecule has 0 aromatic carbocycles. The number of nitrogens with zero attached hydrogens (tertiary/aromatic N) is 2. The number of nitrogens with one attached hydrogen (secondary N) is 2. The number of hydrogen-bond acceptors (Lipinski definition) is 4. The van der Waals surface area contributed by atoms with Crippen molar-refractivity contribution in [3.8, 4) is 0 Å². The van der Waals surface area contributed by atoms with Gasteiger partial charge in [0.25, 0.3) is 0 Å². The molecule has 1 saturated carbocycles. The number of carbonyl (C=O) groups excluding carboxylic acids is 2. The molecule has 0 spiro atoms. The van der Waals surface area contributed by atoms with E-state index in [-0.39, 0.29) is 29.6 Å². The smallest absolute Gasteiger partial charge is 0.226 e. The highest BCUT2D eigenvalue weighted by Gasteiger charge is 2.38. The summed E-state index contributed by atoms with van der Waals surface area (Å²) in [5.41, 5.74) is 0.451. The van der Waals surface area contributed by atoms with Crippen LogP contribution in [0.3, 0.4) is 0 Å². The minimum atomic E-state index is -0.156. The maximum atomic E-state index is 11.8. The quantitative estimate of drug-likeness (QED) is 0.870. The lowest BCUT2D eigenvalue weighted by Crippen LogP contribution is -2.29. The molecule has 0 aliphatic heterocycles. The van der Waals surface area contributed by atoms with Crippen LogP contribution in [0, 0.1) is 11.8 Å². The second-order valence-electron chi connectivity index (χ2n) is 6.95. The van der Waals surface area contributed by atoms with Gasteiger partial charge in [0, 0.05) is 24.3 Å². The van der Waals surface area contributed by atoms with Gasteiger partial charge in [-0.15, -0.1) is 0 Å². The molecule has 6 nitrogen and oxygen atoms in total. The van der Waals surface area contributed by atoms with Crippen LogP contribution in [0.1, 0.15) is 46.4 Å². The first kappa shape index (κ1) is 16.4. The summed E-state index contributed by atoms with van der Waals surface area (Å²) in [6.07, 6.45) is 4.41. The van der Waals surface area contributed by atoms with Gasteiger partial charge in [0.05, 0.1) is 18.1 Å². The molecule has 1 aromatic heterocycles. The van der Waals surface area contributed by atoms with Crippen molar-refractivity contribution in [2.75, 3.05) is 11.9 Å². The predicted molar refractivity (Wildman–Crippen MR) is 84.3 cm³/mol. The van der Waals surface area contributed by atoms with E-state index in [4.69, 9.17) is 0 Å². The van der Waals surface area contributed by atoms with Crippen LogP contribution in [0.25, 0.3) is 0 Å². The van der Waals surface area contributed by atoms with E-state index in [0.29, 0.717) is 18.2 Å². The van der Waals surface area contributed by atoms with E-state index in [9.17, 15) is 9.59 Å². The summed E-state index contributed by atoms with van der Waals surface area (Å²) in [6, 6.07) is 0. The molecule has 2 N–H and O–H groups in total. The Balaban J connectivity index is 1.73. The van der Waals surface area contributed by atoms with Gasteiger partial charge in [-0.25, -0.2) is 9.97 Å². The highest BCUT2D eigenvalue weighted by molar-refractivity contribution is 5.91. The van der Waals surface area contributed by atoms with Crippen molar-refractivity contribution >= 4 is 17.5 Å². The Morgan fingerprint density at radius 3 is 2.36 bits per heavy atom. The molecule has 0 saturated heterocycles. The minimum absolute atomic E-state index is 0.0539. The maximum Gasteiger partial charge on any atom is 0.226 e. The number of hydrogen-bond donors (Lipinski definition) is 2. The van der Waals surface area contributed by atoms with E-state index in [1.54, 1.807) is 12.4 Å². The van der Waals surface area contributed by atoms with Crippen LogP contribution < -0.4 is 10.6 Å². The lowest BCUT2D eigenvalue weighted by Gasteiger charge is -2.16. The Morgan fingerprint density at radius 1 is 1.27 bits per heavy atom. The van der Waals surface area contributed by atoms with Gasteiger partial charge in [-0.2, -0.15) is 0 Å². The van der Waals surface area contributed by atoms with Gasteiger partial charge in [0.1, 0.15) is 5.82 Å². The summed E-state index contributed by atoms with van der Waals surface area (Å²) >= 11 is 0. The van der Waals surface area contributed by atoms with Crippen molar-refractivity contribution in [2.45, 2.75) is 46.0 Å². The topological polar surface area (TPSA) is 84.0 Å². The third kappa shape index (κ3) is 4.51. The van der Waals surface area contributed by atoms with Crippen molar-refractivity contribution < 1.29 is 9.59 Å². The molecule has 120 valence electrons. The second-order valence-corrected chi connectivity index (χ2v) is 6.95. The molecule has 2 atom stereocenters. The molecule has 1 aromatic rings. The summed E-state index contributed by atoms with van der Waals surface area (Å²) in [5, 5.41) is 5.52. The minimum Gasteiger partial charge on any atom is -0.355 e. The van der Waals surface area contributed by atoms with Gasteiger partial charge in [-0.1, -0.05) is 27.7 Å². The van der Waals surface area contributed by atoms with Gasteiger partial charge in [0.2, 0.25) is 11.8 Å². The zero-order valence-corrected chi connectivity index (χ0v) is 13.6. The van der Waals surface area contributed by atoms with Crippen LogP contribution in [0.2, 0.25) is 0 Å². The van der Waals surface area contributed by atoms with E-state index >= 15 is 0 Å². The standard InChI is InChI=1S/C16H24N4O2/c1-10-7-12(10)14(22)17-6-5-13(21)20-11-8-18-15(19-9-11)16(2,3)4/h8-10,12H,5-7H2,1-4H3,(H,17,22)(H,20,21)/t10-,12+/m0/s1. The third-order valence-corrected chi connectivity index (χ3v) is 3.70. The zero-order valence-electron chi connectivity index (χ0n) is 13.6. The van der Waals surface area contributed by atoms with Gasteiger partial charge >= 0.3 is 0 Å². The molecule has 1 fully saturated rings. The highest BCUT2D eigenvalue weighted by atomic mass is 16.2. The van der Waals surface area contributed by atoms with E-state index < -0.39 is 0 Å². The van der Waals surface area contributed by atoms with Crippen molar-refractivity contribution in [3.05, 3.63) is 18.2 Å². The fourth-order valence-corrected chi connectivity index (χ4v) is 2.12. The van der Waals surface area contributed by atoms with Crippen molar-refractivity contribution in [2.24, 2.45) is 11.8 Å². The lowest BCUT2D eigenvalue weighted by atomic mass is 9.96. The molecular weight excluding hydrogens is 280 g/mol. The van der Waals surface area contributed by atoms with Crippen molar-refractivity contribution in [3.63, 3.8) is 0 Å². The molecule has 0 bridgehead atoms. The zero-order chi connectivity index (χ0) is 16.3. The Hall–Kier alpha value is -1.98. The van der Waals surface area contributed by atoms with E-state index in [1.165, 1.54) is 0 Å². The Bertz CT molecular complexity index is 548. The maximum absolute atomic E-state index is 11.8. The summed E-state index contributed by atoms with van der Waals surface area (Å²) < 4.78 is 0. The van der Waals surface area contributed by atoms with Crippen LogP contribution >= 0.6 is 0 Å². The SMILES string of the molecule is C[C@H]1C[C@H]1C(=O)NCCC(=O)Nc1cnc(C(C)(C)C)nc1. The average molecular weight is 304 g/mol. The monoisotopic (exact) mass is 304 g/mol. The lowest BCUT2D eigenvalue weighted by molar-refractivity contribution is -0.122.